The molecule has 2 rings (SSSR count). The van der Waals surface area contributed by atoms with Gasteiger partial charge in [0.15, 0.2) is 6.79 Å². The minimum Gasteiger partial charge on any atom is -0.469 e. The van der Waals surface area contributed by atoms with E-state index in [1.807, 2.05) is 19.1 Å². The zero-order chi connectivity index (χ0) is 18.2. The molecule has 0 spiro atoms. The highest BCUT2D eigenvalue weighted by molar-refractivity contribution is 14.1. The third-order valence-corrected chi connectivity index (χ3v) is 5.15. The zero-order valence-corrected chi connectivity index (χ0v) is 17.1. The second-order valence-corrected chi connectivity index (χ2v) is 7.28. The lowest BCUT2D eigenvalue weighted by atomic mass is 9.85. The van der Waals surface area contributed by atoms with Crippen molar-refractivity contribution in [3.05, 3.63) is 27.3 Å². The van der Waals surface area contributed by atoms with Gasteiger partial charge in [-0.25, -0.2) is 0 Å². The number of benzene rings is 1. The Labute approximate surface area is 162 Å². The molecule has 140 valence electrons. The smallest absolute Gasteiger partial charge is 0.309 e. The number of ether oxygens (including phenoxy) is 4. The van der Waals surface area contributed by atoms with E-state index in [0.29, 0.717) is 13.2 Å². The van der Waals surface area contributed by atoms with Crippen molar-refractivity contribution in [1.29, 1.82) is 0 Å². The number of methoxy groups -OCH3 is 2. The Hall–Kier alpha value is -0.900. The summed E-state index contributed by atoms with van der Waals surface area (Å²) < 4.78 is 22.3. The predicted octanol–water partition coefficient (Wildman–Crippen LogP) is 2.55. The molecule has 0 saturated carbocycles. The molecular weight excluding hydrogens is 437 g/mol. The molecule has 3 unspecified atom stereocenters. The van der Waals surface area contributed by atoms with Gasteiger partial charge in [-0.3, -0.25) is 4.79 Å². The van der Waals surface area contributed by atoms with E-state index in [1.165, 1.54) is 7.11 Å². The maximum Gasteiger partial charge on any atom is 0.309 e. The van der Waals surface area contributed by atoms with Crippen LogP contribution in [-0.2, 0) is 19.0 Å². The number of hydrogen-bond donors (Lipinski definition) is 1. The SMILES string of the molecule is COCCOCOc1ccc(I)cc1C1CCNC1C(C)C(=O)OC. The van der Waals surface area contributed by atoms with Gasteiger partial charge in [-0.15, -0.1) is 0 Å². The first-order chi connectivity index (χ1) is 12.1. The molecule has 1 aromatic rings. The van der Waals surface area contributed by atoms with Gasteiger partial charge in [-0.2, -0.15) is 0 Å². The van der Waals surface area contributed by atoms with Crippen LogP contribution in [-0.4, -0.2) is 52.8 Å². The highest BCUT2D eigenvalue weighted by atomic mass is 127. The number of halogens is 1. The van der Waals surface area contributed by atoms with Crippen LogP contribution in [0.15, 0.2) is 18.2 Å². The minimum absolute atomic E-state index is 0.0300. The van der Waals surface area contributed by atoms with E-state index in [0.717, 1.165) is 27.8 Å². The summed E-state index contributed by atoms with van der Waals surface area (Å²) in [5.74, 6) is 0.577. The molecule has 0 bridgehead atoms. The molecule has 6 nitrogen and oxygen atoms in total. The van der Waals surface area contributed by atoms with Gasteiger partial charge in [-0.05, 0) is 53.8 Å². The second-order valence-electron chi connectivity index (χ2n) is 6.03. The summed E-state index contributed by atoms with van der Waals surface area (Å²) in [7, 11) is 3.07. The van der Waals surface area contributed by atoms with Crippen molar-refractivity contribution in [2.24, 2.45) is 5.92 Å². The van der Waals surface area contributed by atoms with Gasteiger partial charge in [0.2, 0.25) is 0 Å². The maximum atomic E-state index is 12.0. The highest BCUT2D eigenvalue weighted by Gasteiger charge is 2.37. The normalized spacial score (nSPS) is 21.1. The summed E-state index contributed by atoms with van der Waals surface area (Å²) in [6.45, 7) is 3.97. The van der Waals surface area contributed by atoms with Gasteiger partial charge in [0.05, 0.1) is 26.2 Å². The van der Waals surface area contributed by atoms with Gasteiger partial charge >= 0.3 is 5.97 Å². The molecule has 0 radical (unpaired) electrons. The Bertz CT molecular complexity index is 568. The molecule has 1 aliphatic rings. The lowest BCUT2D eigenvalue weighted by Crippen LogP contribution is -2.37. The third-order valence-electron chi connectivity index (χ3n) is 4.48. The first kappa shape index (κ1) is 20.4. The number of nitrogens with one attached hydrogen (secondary N) is 1. The van der Waals surface area contributed by atoms with E-state index in [1.54, 1.807) is 7.11 Å². The predicted molar refractivity (Wildman–Crippen MR) is 103 cm³/mol. The van der Waals surface area contributed by atoms with E-state index in [2.05, 4.69) is 34.0 Å². The molecule has 25 heavy (non-hydrogen) atoms. The lowest BCUT2D eigenvalue weighted by molar-refractivity contribution is -0.145. The Balaban J connectivity index is 2.13. The summed E-state index contributed by atoms with van der Waals surface area (Å²) >= 11 is 2.29. The number of rotatable bonds is 9. The molecule has 7 heteroatoms. The molecule has 1 saturated heterocycles. The van der Waals surface area contributed by atoms with E-state index in [-0.39, 0.29) is 30.6 Å². The second kappa shape index (κ2) is 10.3. The van der Waals surface area contributed by atoms with Crippen molar-refractivity contribution in [2.45, 2.75) is 25.3 Å². The number of carbonyl (C=O) groups is 1. The molecule has 1 N–H and O–H groups in total. The van der Waals surface area contributed by atoms with Gasteiger partial charge in [0.1, 0.15) is 5.75 Å². The van der Waals surface area contributed by atoms with Crippen LogP contribution in [0, 0.1) is 9.49 Å². The van der Waals surface area contributed by atoms with Crippen LogP contribution in [0.4, 0.5) is 0 Å². The van der Waals surface area contributed by atoms with Gasteiger partial charge < -0.3 is 24.3 Å². The van der Waals surface area contributed by atoms with Crippen molar-refractivity contribution in [3.63, 3.8) is 0 Å². The van der Waals surface area contributed by atoms with Crippen LogP contribution < -0.4 is 10.1 Å². The van der Waals surface area contributed by atoms with Gasteiger partial charge in [-0.1, -0.05) is 6.92 Å². The largest absolute Gasteiger partial charge is 0.469 e. The fourth-order valence-corrected chi connectivity index (χ4v) is 3.70. The fraction of sp³-hybridized carbons (Fsp3) is 0.611. The molecule has 1 fully saturated rings. The van der Waals surface area contributed by atoms with Gasteiger partial charge in [0, 0.05) is 28.2 Å². The van der Waals surface area contributed by atoms with Crippen LogP contribution >= 0.6 is 22.6 Å². The quantitative estimate of drug-likeness (QED) is 0.263. The van der Waals surface area contributed by atoms with Crippen molar-refractivity contribution in [1.82, 2.24) is 5.32 Å². The molecule has 0 aliphatic carbocycles. The monoisotopic (exact) mass is 463 g/mol. The van der Waals surface area contributed by atoms with E-state index < -0.39 is 0 Å². The average molecular weight is 463 g/mol. The Morgan fingerprint density at radius 1 is 1.36 bits per heavy atom. The molecule has 3 atom stereocenters. The summed E-state index contributed by atoms with van der Waals surface area (Å²) in [6.07, 6.45) is 0.951. The number of hydrogen-bond acceptors (Lipinski definition) is 6. The van der Waals surface area contributed by atoms with Crippen molar-refractivity contribution < 1.29 is 23.7 Å². The summed E-state index contributed by atoms with van der Waals surface area (Å²) in [4.78, 5) is 12.0. The van der Waals surface area contributed by atoms with Crippen LogP contribution in [0.2, 0.25) is 0 Å². The van der Waals surface area contributed by atoms with Crippen LogP contribution in [0.25, 0.3) is 0 Å². The van der Waals surface area contributed by atoms with Crippen molar-refractivity contribution >= 4 is 28.6 Å². The lowest BCUT2D eigenvalue weighted by Gasteiger charge is -2.26. The van der Waals surface area contributed by atoms with Crippen LogP contribution in [0.3, 0.4) is 0 Å². The summed E-state index contributed by atoms with van der Waals surface area (Å²) in [5, 5.41) is 3.44. The molecule has 0 aromatic heterocycles. The number of esters is 1. The molecule has 1 aromatic carbocycles. The van der Waals surface area contributed by atoms with Crippen molar-refractivity contribution in [3.8, 4) is 5.75 Å². The maximum absolute atomic E-state index is 12.0. The first-order valence-electron chi connectivity index (χ1n) is 8.38. The summed E-state index contributed by atoms with van der Waals surface area (Å²) in [6, 6.07) is 6.13. The van der Waals surface area contributed by atoms with E-state index in [4.69, 9.17) is 18.9 Å². The van der Waals surface area contributed by atoms with Crippen molar-refractivity contribution in [2.75, 3.05) is 40.8 Å². The standard InChI is InChI=1S/C18H26INO5/c1-12(18(21)23-3)17-14(6-7-20-17)15-10-13(19)4-5-16(15)25-11-24-9-8-22-2/h4-5,10,12,14,17,20H,6-9,11H2,1-3H3. The Morgan fingerprint density at radius 2 is 2.16 bits per heavy atom. The molecule has 1 heterocycles. The average Bonchev–Trinajstić information content (AvgIpc) is 3.10. The highest BCUT2D eigenvalue weighted by Crippen LogP contribution is 2.38. The topological polar surface area (TPSA) is 66.0 Å². The third kappa shape index (κ3) is 5.54. The van der Waals surface area contributed by atoms with E-state index >= 15 is 0 Å². The van der Waals surface area contributed by atoms with Crippen LogP contribution in [0.5, 0.6) is 5.75 Å². The van der Waals surface area contributed by atoms with E-state index in [9.17, 15) is 4.79 Å². The Kier molecular flexibility index (Phi) is 8.41. The Morgan fingerprint density at radius 3 is 2.88 bits per heavy atom. The zero-order valence-electron chi connectivity index (χ0n) is 14.9. The fourth-order valence-electron chi connectivity index (χ4n) is 3.18. The molecule has 0 amide bonds. The van der Waals surface area contributed by atoms with Gasteiger partial charge in [0.25, 0.3) is 0 Å². The minimum atomic E-state index is -0.221. The number of carbonyl (C=O) groups excluding carboxylic acids is 1. The molecule has 1 aliphatic heterocycles. The summed E-state index contributed by atoms with van der Waals surface area (Å²) in [5.41, 5.74) is 1.10. The molecular formula is C18H26INO5. The first-order valence-corrected chi connectivity index (χ1v) is 9.46. The van der Waals surface area contributed by atoms with Crippen LogP contribution in [0.1, 0.15) is 24.8 Å².